The highest BCUT2D eigenvalue weighted by Crippen LogP contribution is 2.26. The Bertz CT molecular complexity index is 553. The van der Waals surface area contributed by atoms with E-state index >= 15 is 0 Å². The lowest BCUT2D eigenvalue weighted by atomic mass is 9.97. The maximum absolute atomic E-state index is 13.3. The second-order valence-electron chi connectivity index (χ2n) is 4.85. The highest BCUT2D eigenvalue weighted by atomic mass is 35.5. The first-order valence-electron chi connectivity index (χ1n) is 6.60. The highest BCUT2D eigenvalue weighted by Gasteiger charge is 2.29. The Morgan fingerprint density at radius 2 is 2.24 bits per heavy atom. The number of hydrogen-bond acceptors (Lipinski definition) is 3. The molecular formula is C14H16ClFN2O3. The summed E-state index contributed by atoms with van der Waals surface area (Å²) in [6.07, 6.45) is 0.923. The summed E-state index contributed by atoms with van der Waals surface area (Å²) >= 11 is 5.80. The third-order valence-corrected chi connectivity index (χ3v) is 3.82. The van der Waals surface area contributed by atoms with Crippen molar-refractivity contribution in [3.05, 3.63) is 29.0 Å². The number of nitrogens with one attached hydrogen (secondary N) is 1. The molecule has 114 valence electrons. The van der Waals surface area contributed by atoms with Gasteiger partial charge in [-0.2, -0.15) is 0 Å². The molecule has 1 N–H and O–H groups in total. The van der Waals surface area contributed by atoms with Gasteiger partial charge in [-0.15, -0.1) is 0 Å². The number of amides is 2. The molecule has 1 atom stereocenters. The molecule has 1 unspecified atom stereocenters. The van der Waals surface area contributed by atoms with Gasteiger partial charge in [-0.05, 0) is 25.0 Å². The topological polar surface area (TPSA) is 58.6 Å². The van der Waals surface area contributed by atoms with Crippen molar-refractivity contribution in [2.75, 3.05) is 25.5 Å². The van der Waals surface area contributed by atoms with Crippen LogP contribution >= 0.6 is 11.6 Å². The molecule has 0 aliphatic carbocycles. The summed E-state index contributed by atoms with van der Waals surface area (Å²) in [5.41, 5.74) is 0.233. The number of carbonyl (C=O) groups is 2. The SMILES string of the molecule is COC(=O)N1CCCC(C(=O)Nc2cccc(F)c2Cl)C1. The van der Waals surface area contributed by atoms with Crippen molar-refractivity contribution in [3.63, 3.8) is 0 Å². The second kappa shape index (κ2) is 6.76. The summed E-state index contributed by atoms with van der Waals surface area (Å²) in [6, 6.07) is 4.22. The number of benzene rings is 1. The van der Waals surface area contributed by atoms with Crippen LogP contribution in [0, 0.1) is 11.7 Å². The first-order valence-corrected chi connectivity index (χ1v) is 6.98. The van der Waals surface area contributed by atoms with Gasteiger partial charge in [0, 0.05) is 13.1 Å². The predicted octanol–water partition coefficient (Wildman–Crippen LogP) is 2.90. The van der Waals surface area contributed by atoms with Crippen molar-refractivity contribution >= 4 is 29.3 Å². The van der Waals surface area contributed by atoms with E-state index in [2.05, 4.69) is 10.1 Å². The van der Waals surface area contributed by atoms with Crippen LogP contribution in [-0.4, -0.2) is 37.1 Å². The minimum Gasteiger partial charge on any atom is -0.453 e. The molecule has 0 radical (unpaired) electrons. The summed E-state index contributed by atoms with van der Waals surface area (Å²) in [5.74, 6) is -1.23. The Kier molecular flexibility index (Phi) is 5.01. The van der Waals surface area contributed by atoms with Crippen LogP contribution < -0.4 is 5.32 Å². The van der Waals surface area contributed by atoms with Gasteiger partial charge in [-0.1, -0.05) is 17.7 Å². The first-order chi connectivity index (χ1) is 10.0. The summed E-state index contributed by atoms with van der Waals surface area (Å²) in [4.78, 5) is 25.2. The average molecular weight is 315 g/mol. The standard InChI is InChI=1S/C14H16ClFN2O3/c1-21-14(20)18-7-3-4-9(8-18)13(19)17-11-6-2-5-10(16)12(11)15/h2,5-6,9H,3-4,7-8H2,1H3,(H,17,19). The van der Waals surface area contributed by atoms with Crippen LogP contribution in [0.2, 0.25) is 5.02 Å². The molecule has 1 aromatic carbocycles. The van der Waals surface area contributed by atoms with Crippen LogP contribution in [0.25, 0.3) is 0 Å². The van der Waals surface area contributed by atoms with E-state index in [9.17, 15) is 14.0 Å². The average Bonchev–Trinajstić information content (AvgIpc) is 2.51. The van der Waals surface area contributed by atoms with Gasteiger partial charge >= 0.3 is 6.09 Å². The molecule has 0 bridgehead atoms. The molecule has 2 rings (SSSR count). The fourth-order valence-electron chi connectivity index (χ4n) is 2.32. The number of piperidine rings is 1. The maximum Gasteiger partial charge on any atom is 0.409 e. The fraction of sp³-hybridized carbons (Fsp3) is 0.429. The lowest BCUT2D eigenvalue weighted by molar-refractivity contribution is -0.121. The Balaban J connectivity index is 2.03. The predicted molar refractivity (Wildman–Crippen MR) is 76.7 cm³/mol. The number of rotatable bonds is 2. The minimum atomic E-state index is -0.589. The largest absolute Gasteiger partial charge is 0.453 e. The molecule has 1 saturated heterocycles. The zero-order valence-corrected chi connectivity index (χ0v) is 12.3. The molecule has 1 fully saturated rings. The molecule has 2 amide bonds. The number of carbonyl (C=O) groups excluding carboxylic acids is 2. The molecule has 0 saturated carbocycles. The molecular weight excluding hydrogens is 299 g/mol. The van der Waals surface area contributed by atoms with E-state index in [1.54, 1.807) is 0 Å². The molecule has 21 heavy (non-hydrogen) atoms. The van der Waals surface area contributed by atoms with E-state index in [-0.39, 0.29) is 29.1 Å². The number of halogens is 2. The van der Waals surface area contributed by atoms with E-state index in [4.69, 9.17) is 11.6 Å². The van der Waals surface area contributed by atoms with Gasteiger partial charge in [-0.3, -0.25) is 4.79 Å². The summed E-state index contributed by atoms with van der Waals surface area (Å²) in [6.45, 7) is 0.850. The first kappa shape index (κ1) is 15.6. The molecule has 1 heterocycles. The van der Waals surface area contributed by atoms with Gasteiger partial charge in [-0.25, -0.2) is 9.18 Å². The number of anilines is 1. The Morgan fingerprint density at radius 3 is 2.95 bits per heavy atom. The number of nitrogens with zero attached hydrogens (tertiary/aromatic N) is 1. The highest BCUT2D eigenvalue weighted by molar-refractivity contribution is 6.33. The molecule has 0 aromatic heterocycles. The Hall–Kier alpha value is -1.82. The van der Waals surface area contributed by atoms with E-state index in [1.165, 1.54) is 30.2 Å². The van der Waals surface area contributed by atoms with Crippen LogP contribution in [-0.2, 0) is 9.53 Å². The van der Waals surface area contributed by atoms with Gasteiger partial charge in [0.2, 0.25) is 5.91 Å². The summed E-state index contributed by atoms with van der Waals surface area (Å²) < 4.78 is 18.0. The summed E-state index contributed by atoms with van der Waals surface area (Å²) in [5, 5.41) is 2.49. The van der Waals surface area contributed by atoms with Crippen molar-refractivity contribution in [2.45, 2.75) is 12.8 Å². The van der Waals surface area contributed by atoms with Gasteiger partial charge < -0.3 is 15.0 Å². The lowest BCUT2D eigenvalue weighted by Gasteiger charge is -2.30. The Morgan fingerprint density at radius 1 is 1.48 bits per heavy atom. The van der Waals surface area contributed by atoms with Crippen LogP contribution in [0.4, 0.5) is 14.9 Å². The van der Waals surface area contributed by atoms with Gasteiger partial charge in [0.05, 0.1) is 23.7 Å². The molecule has 1 aromatic rings. The number of methoxy groups -OCH3 is 1. The lowest BCUT2D eigenvalue weighted by Crippen LogP contribution is -2.43. The zero-order valence-electron chi connectivity index (χ0n) is 11.6. The fourth-order valence-corrected chi connectivity index (χ4v) is 2.49. The van der Waals surface area contributed by atoms with Crippen molar-refractivity contribution in [1.29, 1.82) is 0 Å². The molecule has 7 heteroatoms. The molecule has 0 spiro atoms. The maximum atomic E-state index is 13.3. The van der Waals surface area contributed by atoms with Gasteiger partial charge in [0.15, 0.2) is 0 Å². The van der Waals surface area contributed by atoms with Gasteiger partial charge in [0.1, 0.15) is 5.82 Å². The number of likely N-dealkylation sites (tertiary alicyclic amines) is 1. The third kappa shape index (κ3) is 3.64. The van der Waals surface area contributed by atoms with E-state index in [0.717, 1.165) is 0 Å². The molecule has 1 aliphatic rings. The normalized spacial score (nSPS) is 18.2. The van der Waals surface area contributed by atoms with Gasteiger partial charge in [0.25, 0.3) is 0 Å². The second-order valence-corrected chi connectivity index (χ2v) is 5.22. The van der Waals surface area contributed by atoms with Crippen molar-refractivity contribution in [1.82, 2.24) is 4.90 Å². The van der Waals surface area contributed by atoms with Crippen LogP contribution in [0.1, 0.15) is 12.8 Å². The molecule has 5 nitrogen and oxygen atoms in total. The van der Waals surface area contributed by atoms with E-state index in [0.29, 0.717) is 19.4 Å². The monoisotopic (exact) mass is 314 g/mol. The summed E-state index contributed by atoms with van der Waals surface area (Å²) in [7, 11) is 1.30. The van der Waals surface area contributed by atoms with Crippen molar-refractivity contribution in [2.24, 2.45) is 5.92 Å². The Labute approximate surface area is 127 Å². The third-order valence-electron chi connectivity index (χ3n) is 3.43. The number of ether oxygens (including phenoxy) is 1. The van der Waals surface area contributed by atoms with Crippen LogP contribution in [0.5, 0.6) is 0 Å². The quantitative estimate of drug-likeness (QED) is 0.913. The minimum absolute atomic E-state index is 0.119. The smallest absolute Gasteiger partial charge is 0.409 e. The molecule has 1 aliphatic heterocycles. The zero-order chi connectivity index (χ0) is 15.4. The van der Waals surface area contributed by atoms with Crippen LogP contribution in [0.3, 0.4) is 0 Å². The van der Waals surface area contributed by atoms with Crippen molar-refractivity contribution < 1.29 is 18.7 Å². The van der Waals surface area contributed by atoms with Crippen LogP contribution in [0.15, 0.2) is 18.2 Å². The van der Waals surface area contributed by atoms with E-state index in [1.807, 2.05) is 0 Å². The van der Waals surface area contributed by atoms with E-state index < -0.39 is 11.9 Å². The number of hydrogen-bond donors (Lipinski definition) is 1. The van der Waals surface area contributed by atoms with Crippen molar-refractivity contribution in [3.8, 4) is 0 Å².